The molecule has 3 aromatic rings. The van der Waals surface area contributed by atoms with Gasteiger partial charge in [-0.15, -0.1) is 0 Å². The summed E-state index contributed by atoms with van der Waals surface area (Å²) in [5, 5.41) is 20.7. The molecule has 0 saturated heterocycles. The zero-order valence-electron chi connectivity index (χ0n) is 17.7. The molecule has 0 spiro atoms. The molecule has 0 bridgehead atoms. The van der Waals surface area contributed by atoms with Crippen LogP contribution in [0.1, 0.15) is 25.8 Å². The predicted octanol–water partition coefficient (Wildman–Crippen LogP) is 3.89. The number of phenolic OH excluding ortho intramolecular Hbond substituents is 1. The maximum Gasteiger partial charge on any atom is 0.239 e. The van der Waals surface area contributed by atoms with Crippen LogP contribution in [0.5, 0.6) is 23.0 Å². The highest BCUT2D eigenvalue weighted by molar-refractivity contribution is 5.91. The Bertz CT molecular complexity index is 1110. The Kier molecular flexibility index (Phi) is 5.94. The molecule has 0 radical (unpaired) electrons. The molecule has 0 fully saturated rings. The number of hydrogen-bond acceptors (Lipinski definition) is 7. The molecule has 160 valence electrons. The number of fused-ring (bicyclic) bond motifs is 1. The highest BCUT2D eigenvalue weighted by Crippen LogP contribution is 2.40. The van der Waals surface area contributed by atoms with Gasteiger partial charge in [-0.2, -0.15) is 0 Å². The Labute approximate surface area is 174 Å². The van der Waals surface area contributed by atoms with E-state index in [1.54, 1.807) is 45.2 Å². The lowest BCUT2D eigenvalue weighted by atomic mass is 9.96. The molecule has 7 nitrogen and oxygen atoms in total. The number of aryl methyl sites for hydroxylation is 1. The second-order valence-electron chi connectivity index (χ2n) is 7.62. The van der Waals surface area contributed by atoms with Gasteiger partial charge in [0.2, 0.25) is 11.2 Å². The second kappa shape index (κ2) is 8.28. The number of ether oxygens (including phenoxy) is 3. The molecule has 30 heavy (non-hydrogen) atoms. The van der Waals surface area contributed by atoms with Crippen LogP contribution in [0.2, 0.25) is 0 Å². The summed E-state index contributed by atoms with van der Waals surface area (Å²) in [4.78, 5) is 13.2. The third kappa shape index (κ3) is 4.07. The van der Waals surface area contributed by atoms with Gasteiger partial charge in [-0.3, -0.25) is 4.79 Å². The van der Waals surface area contributed by atoms with Crippen LogP contribution in [-0.4, -0.2) is 37.1 Å². The molecule has 0 aliphatic rings. The van der Waals surface area contributed by atoms with Gasteiger partial charge in [0.05, 0.1) is 26.9 Å². The summed E-state index contributed by atoms with van der Waals surface area (Å²) in [7, 11) is 4.41. The van der Waals surface area contributed by atoms with Crippen molar-refractivity contribution in [2.24, 2.45) is 0 Å². The van der Waals surface area contributed by atoms with Crippen molar-refractivity contribution in [1.29, 1.82) is 0 Å². The van der Waals surface area contributed by atoms with Crippen LogP contribution in [0.3, 0.4) is 0 Å². The van der Waals surface area contributed by atoms with Gasteiger partial charge in [0.1, 0.15) is 28.2 Å². The van der Waals surface area contributed by atoms with E-state index in [9.17, 15) is 15.0 Å². The molecule has 1 aromatic heterocycles. The number of methoxy groups -OCH3 is 3. The normalized spacial score (nSPS) is 11.5. The van der Waals surface area contributed by atoms with Gasteiger partial charge in [0, 0.05) is 17.2 Å². The smallest absolute Gasteiger partial charge is 0.239 e. The lowest BCUT2D eigenvalue weighted by Gasteiger charge is -2.19. The van der Waals surface area contributed by atoms with Crippen LogP contribution in [0.15, 0.2) is 39.5 Å². The highest BCUT2D eigenvalue weighted by atomic mass is 16.5. The summed E-state index contributed by atoms with van der Waals surface area (Å²) >= 11 is 0. The number of aromatic hydroxyl groups is 1. The molecule has 2 aromatic carbocycles. The Morgan fingerprint density at radius 3 is 2.23 bits per heavy atom. The minimum Gasteiger partial charge on any atom is -0.507 e. The summed E-state index contributed by atoms with van der Waals surface area (Å²) < 4.78 is 22.1. The Hall–Kier alpha value is -3.19. The molecule has 0 saturated carbocycles. The summed E-state index contributed by atoms with van der Waals surface area (Å²) in [6, 6.07) is 8.38. The lowest BCUT2D eigenvalue weighted by molar-refractivity contribution is 0.0713. The van der Waals surface area contributed by atoms with Crippen LogP contribution in [-0.2, 0) is 6.42 Å². The van der Waals surface area contributed by atoms with Crippen LogP contribution < -0.4 is 19.6 Å². The van der Waals surface area contributed by atoms with E-state index in [2.05, 4.69) is 0 Å². The molecule has 0 amide bonds. The van der Waals surface area contributed by atoms with Crippen LogP contribution in [0.4, 0.5) is 0 Å². The maximum absolute atomic E-state index is 13.2. The molecule has 0 aliphatic heterocycles. The van der Waals surface area contributed by atoms with E-state index in [1.807, 2.05) is 0 Å². The van der Waals surface area contributed by atoms with E-state index in [4.69, 9.17) is 18.6 Å². The molecule has 0 aliphatic carbocycles. The number of hydrogen-bond donors (Lipinski definition) is 2. The van der Waals surface area contributed by atoms with Crippen molar-refractivity contribution in [3.63, 3.8) is 0 Å². The van der Waals surface area contributed by atoms with Crippen LogP contribution in [0.25, 0.3) is 22.3 Å². The van der Waals surface area contributed by atoms with Crippen molar-refractivity contribution >= 4 is 11.0 Å². The number of benzene rings is 2. The largest absolute Gasteiger partial charge is 0.507 e. The average molecular weight is 414 g/mol. The third-order valence-electron chi connectivity index (χ3n) is 4.93. The van der Waals surface area contributed by atoms with Gasteiger partial charge in [-0.1, -0.05) is 0 Å². The van der Waals surface area contributed by atoms with Crippen molar-refractivity contribution < 1.29 is 28.8 Å². The van der Waals surface area contributed by atoms with Crippen LogP contribution in [0, 0.1) is 0 Å². The molecular weight excluding hydrogens is 388 g/mol. The molecule has 3 rings (SSSR count). The van der Waals surface area contributed by atoms with Gasteiger partial charge in [0.15, 0.2) is 5.76 Å². The first kappa shape index (κ1) is 21.5. The van der Waals surface area contributed by atoms with Crippen molar-refractivity contribution in [3.05, 3.63) is 46.1 Å². The maximum atomic E-state index is 13.2. The minimum absolute atomic E-state index is 0.00987. The summed E-state index contributed by atoms with van der Waals surface area (Å²) in [6.07, 6.45) is 0.775. The molecular formula is C23H26O7. The summed E-state index contributed by atoms with van der Waals surface area (Å²) in [5.74, 6) is 0.989. The average Bonchev–Trinajstić information content (AvgIpc) is 2.71. The number of phenols is 1. The first-order valence-electron chi connectivity index (χ1n) is 9.50. The quantitative estimate of drug-likeness (QED) is 0.605. The third-order valence-corrected chi connectivity index (χ3v) is 4.93. The van der Waals surface area contributed by atoms with E-state index in [0.29, 0.717) is 35.5 Å². The molecule has 1 heterocycles. The van der Waals surface area contributed by atoms with E-state index < -0.39 is 11.0 Å². The minimum atomic E-state index is -0.930. The first-order valence-corrected chi connectivity index (χ1v) is 9.50. The zero-order valence-corrected chi connectivity index (χ0v) is 17.7. The predicted molar refractivity (Wildman–Crippen MR) is 114 cm³/mol. The van der Waals surface area contributed by atoms with E-state index in [-0.39, 0.29) is 28.2 Å². The van der Waals surface area contributed by atoms with Gasteiger partial charge in [0.25, 0.3) is 0 Å². The van der Waals surface area contributed by atoms with Gasteiger partial charge in [-0.25, -0.2) is 0 Å². The lowest BCUT2D eigenvalue weighted by Crippen LogP contribution is -2.19. The van der Waals surface area contributed by atoms with E-state index in [0.717, 1.165) is 0 Å². The van der Waals surface area contributed by atoms with Gasteiger partial charge >= 0.3 is 0 Å². The van der Waals surface area contributed by atoms with Crippen molar-refractivity contribution in [1.82, 2.24) is 0 Å². The Balaban J connectivity index is 2.33. The topological polar surface area (TPSA) is 98.4 Å². The van der Waals surface area contributed by atoms with Crippen molar-refractivity contribution in [3.8, 4) is 34.3 Å². The Morgan fingerprint density at radius 2 is 1.70 bits per heavy atom. The standard InChI is InChI=1S/C23H26O7/c1-23(2,26)11-10-15-17(28-4)12-16(24)18-19(25)22(29-5)20(30-21(15)18)13-6-8-14(27-3)9-7-13/h6-9,12,24,26H,10-11H2,1-5H3. The fourth-order valence-electron chi connectivity index (χ4n) is 3.33. The van der Waals surface area contributed by atoms with E-state index >= 15 is 0 Å². The summed E-state index contributed by atoms with van der Waals surface area (Å²) in [6.45, 7) is 3.40. The van der Waals surface area contributed by atoms with Crippen molar-refractivity contribution in [2.45, 2.75) is 32.3 Å². The fourth-order valence-corrected chi connectivity index (χ4v) is 3.33. The monoisotopic (exact) mass is 414 g/mol. The number of rotatable bonds is 7. The van der Waals surface area contributed by atoms with Crippen LogP contribution >= 0.6 is 0 Å². The molecule has 7 heteroatoms. The fraction of sp³-hybridized carbons (Fsp3) is 0.348. The molecule has 0 unspecified atom stereocenters. The Morgan fingerprint density at radius 1 is 1.03 bits per heavy atom. The second-order valence-corrected chi connectivity index (χ2v) is 7.62. The zero-order chi connectivity index (χ0) is 22.1. The van der Waals surface area contributed by atoms with Crippen molar-refractivity contribution in [2.75, 3.05) is 21.3 Å². The van der Waals surface area contributed by atoms with Gasteiger partial charge < -0.3 is 28.8 Å². The molecule has 2 N–H and O–H groups in total. The van der Waals surface area contributed by atoms with E-state index in [1.165, 1.54) is 20.3 Å². The SMILES string of the molecule is COc1ccc(-c2oc3c(CCC(C)(C)O)c(OC)cc(O)c3c(=O)c2OC)cc1. The highest BCUT2D eigenvalue weighted by Gasteiger charge is 2.25. The van der Waals surface area contributed by atoms with Gasteiger partial charge in [-0.05, 0) is 51.0 Å². The first-order chi connectivity index (χ1) is 14.2. The molecule has 0 atom stereocenters. The number of aliphatic hydroxyl groups is 1. The summed E-state index contributed by atoms with van der Waals surface area (Å²) in [5.41, 5.74) is -0.0212.